The van der Waals surface area contributed by atoms with Gasteiger partial charge in [-0.3, -0.25) is 5.84 Å². The van der Waals surface area contributed by atoms with Crippen LogP contribution in [0.1, 0.15) is 24.5 Å². The van der Waals surface area contributed by atoms with Crippen LogP contribution in [0.3, 0.4) is 0 Å². The van der Waals surface area contributed by atoms with Crippen LogP contribution >= 0.6 is 0 Å². The van der Waals surface area contributed by atoms with Crippen molar-refractivity contribution in [3.63, 3.8) is 0 Å². The van der Waals surface area contributed by atoms with E-state index in [2.05, 4.69) is 12.1 Å². The number of benzene rings is 1. The third kappa shape index (κ3) is 4.83. The largest absolute Gasteiger partial charge is 0.390 e. The Morgan fingerprint density at radius 3 is 2.41 bits per heavy atom. The molecule has 2 atom stereocenters. The van der Waals surface area contributed by atoms with Gasteiger partial charge in [-0.05, 0) is 18.9 Å². The van der Waals surface area contributed by atoms with Crippen LogP contribution in [0, 0.1) is 6.92 Å². The first kappa shape index (κ1) is 14.1. The fraction of sp³-hybridized carbons (Fsp3) is 0.538. The second kappa shape index (κ2) is 6.71. The van der Waals surface area contributed by atoms with Crippen molar-refractivity contribution in [1.29, 1.82) is 0 Å². The molecule has 0 aliphatic carbocycles. The molecule has 4 heteroatoms. The molecule has 17 heavy (non-hydrogen) atoms. The highest BCUT2D eigenvalue weighted by atomic mass is 16.3. The Bertz CT molecular complexity index is 326. The summed E-state index contributed by atoms with van der Waals surface area (Å²) in [6.07, 6.45) is 0.176. The van der Waals surface area contributed by atoms with Gasteiger partial charge in [0.25, 0.3) is 0 Å². The molecular formula is C13H23N3O. The Morgan fingerprint density at radius 2 is 1.88 bits per heavy atom. The van der Waals surface area contributed by atoms with Crippen LogP contribution in [-0.4, -0.2) is 28.8 Å². The molecule has 0 heterocycles. The average Bonchev–Trinajstić information content (AvgIpc) is 2.30. The summed E-state index contributed by atoms with van der Waals surface area (Å²) in [6, 6.07) is 7.98. The lowest BCUT2D eigenvalue weighted by molar-refractivity contribution is 0.0866. The molecule has 1 aromatic rings. The van der Waals surface area contributed by atoms with Crippen LogP contribution in [0.25, 0.3) is 0 Å². The van der Waals surface area contributed by atoms with Gasteiger partial charge in [-0.1, -0.05) is 36.8 Å². The van der Waals surface area contributed by atoms with Gasteiger partial charge in [0.05, 0.1) is 6.10 Å². The van der Waals surface area contributed by atoms with E-state index >= 15 is 0 Å². The molecule has 1 rings (SSSR count). The molecule has 0 saturated carbocycles. The van der Waals surface area contributed by atoms with Gasteiger partial charge in [0, 0.05) is 19.1 Å². The van der Waals surface area contributed by atoms with Gasteiger partial charge in [0.1, 0.15) is 0 Å². The zero-order chi connectivity index (χ0) is 12.8. The first-order valence-electron chi connectivity index (χ1n) is 6.01. The van der Waals surface area contributed by atoms with Gasteiger partial charge in [0.2, 0.25) is 0 Å². The van der Waals surface area contributed by atoms with Crippen LogP contribution in [0.4, 0.5) is 0 Å². The molecule has 96 valence electrons. The predicted octanol–water partition coefficient (Wildman–Crippen LogP) is 0.769. The summed E-state index contributed by atoms with van der Waals surface area (Å²) in [7, 11) is 0. The van der Waals surface area contributed by atoms with Crippen molar-refractivity contribution in [3.05, 3.63) is 35.4 Å². The van der Waals surface area contributed by atoms with Gasteiger partial charge in [-0.25, -0.2) is 5.01 Å². The maximum atomic E-state index is 9.76. The highest BCUT2D eigenvalue weighted by Gasteiger charge is 2.15. The average molecular weight is 237 g/mol. The zero-order valence-corrected chi connectivity index (χ0v) is 10.6. The Balaban J connectivity index is 2.44. The quantitative estimate of drug-likeness (QED) is 0.504. The molecule has 0 radical (unpaired) electrons. The van der Waals surface area contributed by atoms with E-state index in [1.165, 1.54) is 5.56 Å². The van der Waals surface area contributed by atoms with Crippen LogP contribution in [-0.2, 0) is 6.54 Å². The fourth-order valence-electron chi connectivity index (χ4n) is 1.64. The first-order valence-corrected chi connectivity index (χ1v) is 6.01. The van der Waals surface area contributed by atoms with Crippen LogP contribution in [0.2, 0.25) is 0 Å². The van der Waals surface area contributed by atoms with Crippen molar-refractivity contribution in [2.75, 3.05) is 6.54 Å². The highest BCUT2D eigenvalue weighted by molar-refractivity contribution is 5.21. The van der Waals surface area contributed by atoms with Crippen LogP contribution < -0.4 is 11.6 Å². The summed E-state index contributed by atoms with van der Waals surface area (Å²) in [6.45, 7) is 5.01. The van der Waals surface area contributed by atoms with Gasteiger partial charge < -0.3 is 10.8 Å². The Labute approximate surface area is 103 Å². The maximum absolute atomic E-state index is 9.76. The lowest BCUT2D eigenvalue weighted by atomic mass is 10.1. The monoisotopic (exact) mass is 237 g/mol. The third-order valence-corrected chi connectivity index (χ3v) is 2.89. The van der Waals surface area contributed by atoms with Crippen LogP contribution in [0.5, 0.6) is 0 Å². The number of hydrazine groups is 1. The number of aliphatic hydroxyl groups is 1. The Hall–Kier alpha value is -0.940. The van der Waals surface area contributed by atoms with E-state index < -0.39 is 6.10 Å². The smallest absolute Gasteiger partial charge is 0.0831 e. The minimum atomic E-state index is -0.574. The summed E-state index contributed by atoms with van der Waals surface area (Å²) in [4.78, 5) is 0. The molecule has 0 aromatic heterocycles. The van der Waals surface area contributed by atoms with E-state index in [-0.39, 0.29) is 6.04 Å². The number of aryl methyl sites for hydroxylation is 1. The van der Waals surface area contributed by atoms with Gasteiger partial charge >= 0.3 is 0 Å². The van der Waals surface area contributed by atoms with Crippen molar-refractivity contribution >= 4 is 0 Å². The number of hydrogen-bond donors (Lipinski definition) is 3. The molecule has 0 aliphatic rings. The predicted molar refractivity (Wildman–Crippen MR) is 70.0 cm³/mol. The maximum Gasteiger partial charge on any atom is 0.0831 e. The molecule has 0 aliphatic heterocycles. The van der Waals surface area contributed by atoms with Crippen molar-refractivity contribution in [3.8, 4) is 0 Å². The summed E-state index contributed by atoms with van der Waals surface area (Å²) in [5.41, 5.74) is 8.11. The molecule has 4 nitrogen and oxygen atoms in total. The summed E-state index contributed by atoms with van der Waals surface area (Å²) in [5, 5.41) is 11.4. The molecule has 5 N–H and O–H groups in total. The summed E-state index contributed by atoms with van der Waals surface area (Å²) < 4.78 is 0. The molecule has 2 unspecified atom stereocenters. The van der Waals surface area contributed by atoms with E-state index in [4.69, 9.17) is 11.6 Å². The molecule has 0 bridgehead atoms. The Kier molecular flexibility index (Phi) is 5.58. The number of aliphatic hydroxyl groups excluding tert-OH is 1. The SMILES string of the molecule is CCC(N)C(O)CN(N)Cc1ccc(C)cc1. The molecular weight excluding hydrogens is 214 g/mol. The van der Waals surface area contributed by atoms with Crippen molar-refractivity contribution in [2.45, 2.75) is 39.0 Å². The van der Waals surface area contributed by atoms with E-state index in [1.807, 2.05) is 26.0 Å². The number of rotatable bonds is 6. The number of nitrogens with two attached hydrogens (primary N) is 2. The first-order chi connectivity index (χ1) is 8.02. The van der Waals surface area contributed by atoms with E-state index in [0.717, 1.165) is 12.0 Å². The van der Waals surface area contributed by atoms with Gasteiger partial charge in [-0.15, -0.1) is 0 Å². The lowest BCUT2D eigenvalue weighted by Gasteiger charge is -2.23. The summed E-state index contributed by atoms with van der Waals surface area (Å²) >= 11 is 0. The third-order valence-electron chi connectivity index (χ3n) is 2.89. The molecule has 0 saturated heterocycles. The second-order valence-electron chi connectivity index (χ2n) is 4.55. The molecule has 1 aromatic carbocycles. The van der Waals surface area contributed by atoms with Gasteiger partial charge in [0.15, 0.2) is 0 Å². The number of hydrogen-bond acceptors (Lipinski definition) is 4. The molecule has 0 amide bonds. The summed E-state index contributed by atoms with van der Waals surface area (Å²) in [5.74, 6) is 5.85. The zero-order valence-electron chi connectivity index (χ0n) is 10.6. The van der Waals surface area contributed by atoms with Gasteiger partial charge in [-0.2, -0.15) is 0 Å². The fourth-order valence-corrected chi connectivity index (χ4v) is 1.64. The standard InChI is InChI=1S/C13H23N3O/c1-3-12(14)13(17)9-16(15)8-11-6-4-10(2)5-7-11/h4-7,12-13,17H,3,8-9,14-15H2,1-2H3. The normalized spacial score (nSPS) is 14.9. The minimum Gasteiger partial charge on any atom is -0.390 e. The van der Waals surface area contributed by atoms with Crippen molar-refractivity contribution in [2.24, 2.45) is 11.6 Å². The second-order valence-corrected chi connectivity index (χ2v) is 4.55. The van der Waals surface area contributed by atoms with Crippen molar-refractivity contribution < 1.29 is 5.11 Å². The van der Waals surface area contributed by atoms with E-state index in [0.29, 0.717) is 13.1 Å². The van der Waals surface area contributed by atoms with E-state index in [9.17, 15) is 5.11 Å². The molecule has 0 spiro atoms. The highest BCUT2D eigenvalue weighted by Crippen LogP contribution is 2.06. The van der Waals surface area contributed by atoms with Crippen molar-refractivity contribution in [1.82, 2.24) is 5.01 Å². The van der Waals surface area contributed by atoms with E-state index in [1.54, 1.807) is 5.01 Å². The number of nitrogens with zero attached hydrogens (tertiary/aromatic N) is 1. The van der Waals surface area contributed by atoms with Crippen LogP contribution in [0.15, 0.2) is 24.3 Å². The lowest BCUT2D eigenvalue weighted by Crippen LogP contribution is -2.45. The Morgan fingerprint density at radius 1 is 1.29 bits per heavy atom. The molecule has 0 fully saturated rings. The topological polar surface area (TPSA) is 75.5 Å². The minimum absolute atomic E-state index is 0.209.